The maximum Gasteiger partial charge on any atom is 0.264 e. The van der Waals surface area contributed by atoms with Gasteiger partial charge in [-0.1, -0.05) is 88.9 Å². The lowest BCUT2D eigenvalue weighted by atomic mass is 9.77. The van der Waals surface area contributed by atoms with E-state index in [1.54, 1.807) is 0 Å². The molecule has 0 atom stereocenters. The summed E-state index contributed by atoms with van der Waals surface area (Å²) >= 11 is 0. The smallest absolute Gasteiger partial charge is 0.264 e. The van der Waals surface area contributed by atoms with E-state index in [1.165, 1.54) is 16.7 Å². The largest absolute Gasteiger partial charge is 0.385 e. The van der Waals surface area contributed by atoms with Crippen molar-refractivity contribution in [2.24, 2.45) is 0 Å². The number of ether oxygens (including phenoxy) is 1. The molecule has 10 nitrogen and oxygen atoms in total. The monoisotopic (exact) mass is 809 g/mol. The molecule has 0 spiro atoms. The van der Waals surface area contributed by atoms with Crippen molar-refractivity contribution < 1.29 is 30.7 Å². The van der Waals surface area contributed by atoms with Gasteiger partial charge in [0.2, 0.25) is 0 Å². The number of anilines is 2. The molecular weight excluding hydrogens is 747 g/mol. The van der Waals surface area contributed by atoms with Gasteiger partial charge in [0, 0.05) is 53.7 Å². The molecule has 0 saturated heterocycles. The molecule has 0 aromatic heterocycles. The van der Waals surface area contributed by atoms with E-state index in [9.17, 15) is 21.4 Å². The molecule has 308 valence electrons. The second-order valence-electron chi connectivity index (χ2n) is 16.9. The summed E-state index contributed by atoms with van der Waals surface area (Å²) < 4.78 is 69.7. The molecule has 2 aromatic rings. The Bertz CT molecular complexity index is 2070. The van der Waals surface area contributed by atoms with Gasteiger partial charge in [-0.25, -0.2) is 0 Å². The summed E-state index contributed by atoms with van der Waals surface area (Å²) in [6.45, 7) is 21.0. The standard InChI is InChI=1S/C44H63N3O7S2/c1-33(43(5,6)36-18-10-12-20-38(36)45-28-14-16-30-55(48,49)50)22-23-34-24-25-35(41(34)46(9)32-54-42(2,3)4)26-27-40-44(7,8)37-19-11-13-21-39(37)47(40)29-15-17-31-56(51,52)53/h10-13,18-23,26-27,45H,1,14-17,24-25,28-32H2,2-9H3,(H,48,49,50)(H,51,52,53)/b23-22+,35-26+,40-27+. The maximum absolute atomic E-state index is 11.4. The van der Waals surface area contributed by atoms with E-state index in [-0.39, 0.29) is 22.5 Å². The van der Waals surface area contributed by atoms with Crippen molar-refractivity contribution >= 4 is 31.6 Å². The molecule has 56 heavy (non-hydrogen) atoms. The van der Waals surface area contributed by atoms with Crippen LogP contribution in [0.1, 0.15) is 98.1 Å². The van der Waals surface area contributed by atoms with E-state index in [4.69, 9.17) is 9.29 Å². The number of nitrogens with zero attached hydrogens (tertiary/aromatic N) is 2. The molecule has 3 N–H and O–H groups in total. The molecule has 2 aromatic carbocycles. The fraction of sp³-hybridized carbons (Fsp3) is 0.500. The van der Waals surface area contributed by atoms with Crippen molar-refractivity contribution in [2.75, 3.05) is 48.6 Å². The Kier molecular flexibility index (Phi) is 14.7. The van der Waals surface area contributed by atoms with E-state index in [2.05, 4.69) is 126 Å². The molecule has 0 radical (unpaired) electrons. The van der Waals surface area contributed by atoms with Gasteiger partial charge in [-0.3, -0.25) is 9.11 Å². The van der Waals surface area contributed by atoms with Crippen LogP contribution in [0.5, 0.6) is 0 Å². The predicted octanol–water partition coefficient (Wildman–Crippen LogP) is 9.18. The number of para-hydroxylation sites is 2. The molecule has 2 aliphatic rings. The SMILES string of the molecule is C=C(/C=C/C1=C(N(C)COC(C)(C)C)C(=C/C=C2/N(CCCCS(=O)(=O)O)c3ccccc3C2(C)C)/CC1)C(C)(C)c1ccccc1NCCCCS(=O)(=O)O. The number of hydrogen-bond acceptors (Lipinski definition) is 8. The highest BCUT2D eigenvalue weighted by Crippen LogP contribution is 2.48. The van der Waals surface area contributed by atoms with Crippen LogP contribution >= 0.6 is 0 Å². The maximum atomic E-state index is 11.4. The van der Waals surface area contributed by atoms with Crippen LogP contribution in [0, 0.1) is 0 Å². The summed E-state index contributed by atoms with van der Waals surface area (Å²) in [7, 11) is -5.92. The van der Waals surface area contributed by atoms with Crippen LogP contribution < -0.4 is 10.2 Å². The number of fused-ring (bicyclic) bond motifs is 1. The highest BCUT2D eigenvalue weighted by atomic mass is 32.2. The topological polar surface area (TPSA) is 136 Å². The first-order valence-corrected chi connectivity index (χ1v) is 22.7. The minimum absolute atomic E-state index is 0.250. The Morgan fingerprint density at radius 3 is 2.20 bits per heavy atom. The molecule has 12 heteroatoms. The van der Waals surface area contributed by atoms with E-state index < -0.39 is 25.7 Å². The number of rotatable bonds is 19. The summed E-state index contributed by atoms with van der Waals surface area (Å²) in [5.41, 5.74) is 8.93. The third-order valence-corrected chi connectivity index (χ3v) is 12.3. The number of benzene rings is 2. The fourth-order valence-corrected chi connectivity index (χ4v) is 8.53. The van der Waals surface area contributed by atoms with Crippen LogP contribution in [0.4, 0.5) is 11.4 Å². The lowest BCUT2D eigenvalue weighted by Crippen LogP contribution is -2.29. The van der Waals surface area contributed by atoms with Crippen LogP contribution in [-0.2, 0) is 35.8 Å². The Morgan fingerprint density at radius 2 is 1.54 bits per heavy atom. The summed E-state index contributed by atoms with van der Waals surface area (Å²) in [6.07, 6.45) is 12.4. The second-order valence-corrected chi connectivity index (χ2v) is 20.1. The molecule has 0 saturated carbocycles. The number of nitrogens with one attached hydrogen (secondary N) is 1. The van der Waals surface area contributed by atoms with E-state index in [1.807, 2.05) is 24.3 Å². The van der Waals surface area contributed by atoms with Crippen molar-refractivity contribution in [3.8, 4) is 0 Å². The van der Waals surface area contributed by atoms with Crippen molar-refractivity contribution in [3.63, 3.8) is 0 Å². The van der Waals surface area contributed by atoms with Gasteiger partial charge < -0.3 is 19.9 Å². The highest BCUT2D eigenvalue weighted by molar-refractivity contribution is 7.86. The van der Waals surface area contributed by atoms with E-state index >= 15 is 0 Å². The number of likely N-dealkylation sites (N-methyl/N-ethyl adjacent to an activating group) is 1. The normalized spacial score (nSPS) is 17.7. The van der Waals surface area contributed by atoms with Gasteiger partial charge in [0.15, 0.2) is 0 Å². The van der Waals surface area contributed by atoms with Gasteiger partial charge in [-0.2, -0.15) is 16.8 Å². The minimum atomic E-state index is -4.01. The molecule has 1 heterocycles. The molecule has 0 amide bonds. The lowest BCUT2D eigenvalue weighted by molar-refractivity contribution is -0.0460. The van der Waals surface area contributed by atoms with Crippen molar-refractivity contribution in [3.05, 3.63) is 119 Å². The number of allylic oxidation sites excluding steroid dienone is 8. The third-order valence-electron chi connectivity index (χ3n) is 10.7. The Labute approximate surface area is 336 Å². The predicted molar refractivity (Wildman–Crippen MR) is 230 cm³/mol. The average molecular weight is 810 g/mol. The van der Waals surface area contributed by atoms with Crippen LogP contribution in [0.3, 0.4) is 0 Å². The highest BCUT2D eigenvalue weighted by Gasteiger charge is 2.39. The summed E-state index contributed by atoms with van der Waals surface area (Å²) in [4.78, 5) is 4.47. The third kappa shape index (κ3) is 12.2. The van der Waals surface area contributed by atoms with Gasteiger partial charge in [-0.15, -0.1) is 0 Å². The van der Waals surface area contributed by atoms with E-state index in [0.29, 0.717) is 45.5 Å². The van der Waals surface area contributed by atoms with Gasteiger partial charge >= 0.3 is 0 Å². The molecule has 0 bridgehead atoms. The summed E-state index contributed by atoms with van der Waals surface area (Å²) in [6, 6.07) is 16.5. The Balaban J connectivity index is 1.65. The van der Waals surface area contributed by atoms with Crippen molar-refractivity contribution in [1.29, 1.82) is 0 Å². The summed E-state index contributed by atoms with van der Waals surface area (Å²) in [5, 5.41) is 3.46. The van der Waals surface area contributed by atoms with Crippen LogP contribution in [-0.4, -0.2) is 74.8 Å². The first kappa shape index (κ1) is 45.0. The molecule has 1 aliphatic heterocycles. The number of hydrogen-bond donors (Lipinski definition) is 3. The zero-order valence-electron chi connectivity index (χ0n) is 34.6. The number of unbranched alkanes of at least 4 members (excludes halogenated alkanes) is 2. The Hall–Kier alpha value is -3.68. The van der Waals surface area contributed by atoms with Crippen molar-refractivity contribution in [2.45, 2.75) is 103 Å². The quantitative estimate of drug-likeness (QED) is 0.0546. The first-order valence-electron chi connectivity index (χ1n) is 19.5. The molecule has 0 fully saturated rings. The minimum Gasteiger partial charge on any atom is -0.385 e. The van der Waals surface area contributed by atoms with Crippen LogP contribution in [0.15, 0.2) is 108 Å². The van der Waals surface area contributed by atoms with Gasteiger partial charge in [0.25, 0.3) is 20.2 Å². The zero-order chi connectivity index (χ0) is 41.5. The molecule has 0 unspecified atom stereocenters. The first-order chi connectivity index (χ1) is 26.0. The van der Waals surface area contributed by atoms with Gasteiger partial charge in [-0.05, 0) is 105 Å². The Morgan fingerprint density at radius 1 is 0.911 bits per heavy atom. The molecule has 1 aliphatic carbocycles. The zero-order valence-corrected chi connectivity index (χ0v) is 36.2. The lowest BCUT2D eigenvalue weighted by Gasteiger charge is -2.30. The van der Waals surface area contributed by atoms with E-state index in [0.717, 1.165) is 46.7 Å². The summed E-state index contributed by atoms with van der Waals surface area (Å²) in [5.74, 6) is -0.503. The molecule has 4 rings (SSSR count). The van der Waals surface area contributed by atoms with Gasteiger partial charge in [0.1, 0.15) is 6.73 Å². The van der Waals surface area contributed by atoms with Crippen LogP contribution in [0.2, 0.25) is 0 Å². The van der Waals surface area contributed by atoms with Gasteiger partial charge in [0.05, 0.1) is 17.1 Å². The van der Waals surface area contributed by atoms with Crippen LogP contribution in [0.25, 0.3) is 0 Å². The molecular formula is C44H63N3O7S2. The fourth-order valence-electron chi connectivity index (χ4n) is 7.40. The van der Waals surface area contributed by atoms with Crippen molar-refractivity contribution in [1.82, 2.24) is 4.90 Å². The average Bonchev–Trinajstić information content (AvgIpc) is 3.60. The second kappa shape index (κ2) is 18.3.